The number of fused-ring (bicyclic) bond motifs is 7. The average molecular weight is 1010 g/mol. The fourth-order valence-corrected chi connectivity index (χ4v) is 18.3. The molecule has 10 aromatic rings. The van der Waals surface area contributed by atoms with Gasteiger partial charge in [-0.05, 0) is 165 Å². The first-order valence-electron chi connectivity index (χ1n) is 27.7. The minimum atomic E-state index is -2.90. The van der Waals surface area contributed by atoms with Crippen LogP contribution in [0.25, 0.3) is 33.4 Å². The molecule has 3 aliphatic rings. The highest BCUT2D eigenvalue weighted by Crippen LogP contribution is 2.50. The molecule has 3 aliphatic heterocycles. The summed E-state index contributed by atoms with van der Waals surface area (Å²) >= 11 is 0. The fourth-order valence-electron chi connectivity index (χ4n) is 13.1. The summed E-state index contributed by atoms with van der Waals surface area (Å²) in [6.45, 7) is 23.3. The molecule has 0 aliphatic carbocycles. The van der Waals surface area contributed by atoms with Crippen LogP contribution in [-0.4, -0.2) is 14.8 Å². The monoisotopic (exact) mass is 1010 g/mol. The Morgan fingerprint density at radius 2 is 0.883 bits per heavy atom. The number of hydrogen-bond acceptors (Lipinski definition) is 2. The van der Waals surface area contributed by atoms with Crippen molar-refractivity contribution in [2.45, 2.75) is 85.5 Å². The van der Waals surface area contributed by atoms with Crippen LogP contribution in [0.4, 0.5) is 34.1 Å². The van der Waals surface area contributed by atoms with E-state index in [-0.39, 0.29) is 23.0 Å². The van der Waals surface area contributed by atoms with Crippen LogP contribution in [0.15, 0.2) is 224 Å². The number of benzene rings is 10. The van der Waals surface area contributed by atoms with Crippen LogP contribution in [0.5, 0.6) is 0 Å². The minimum absolute atomic E-state index is 0.0362. The molecule has 0 N–H and O–H groups in total. The lowest BCUT2D eigenvalue weighted by Crippen LogP contribution is -2.73. The lowest BCUT2D eigenvalue weighted by atomic mass is 9.33. The zero-order chi connectivity index (χ0) is 53.2. The zero-order valence-corrected chi connectivity index (χ0v) is 47.3. The van der Waals surface area contributed by atoms with E-state index < -0.39 is 8.07 Å². The second-order valence-electron chi connectivity index (χ2n) is 25.1. The van der Waals surface area contributed by atoms with E-state index in [2.05, 4.69) is 303 Å². The molecule has 0 bridgehead atoms. The van der Waals surface area contributed by atoms with Crippen LogP contribution < -0.4 is 46.9 Å². The summed E-state index contributed by atoms with van der Waals surface area (Å²) in [5, 5.41) is 5.72. The fraction of sp³-hybridized carbons (Fsp3) is 0.178. The Kier molecular flexibility index (Phi) is 11.3. The predicted molar refractivity (Wildman–Crippen MR) is 335 cm³/mol. The summed E-state index contributed by atoms with van der Waals surface area (Å²) in [5.41, 5.74) is 23.8. The van der Waals surface area contributed by atoms with E-state index in [0.717, 1.165) is 0 Å². The Bertz CT molecular complexity index is 3910. The van der Waals surface area contributed by atoms with Crippen molar-refractivity contribution >= 4 is 86.0 Å². The molecule has 0 atom stereocenters. The van der Waals surface area contributed by atoms with Gasteiger partial charge in [0.2, 0.25) is 0 Å². The molecule has 3 heterocycles. The number of nitrogens with zero attached hydrogens (tertiary/aromatic N) is 2. The zero-order valence-electron chi connectivity index (χ0n) is 46.3. The molecular formula is C73H67BN2Si. The lowest BCUT2D eigenvalue weighted by Gasteiger charge is -2.46. The van der Waals surface area contributed by atoms with Crippen molar-refractivity contribution in [2.75, 3.05) is 9.80 Å². The molecule has 0 fully saturated rings. The number of hydrogen-bond donors (Lipinski definition) is 0. The lowest BCUT2D eigenvalue weighted by molar-refractivity contribution is 0.590. The molecule has 0 spiro atoms. The largest absolute Gasteiger partial charge is 0.311 e. The molecule has 0 aromatic heterocycles. The van der Waals surface area contributed by atoms with Crippen LogP contribution >= 0.6 is 0 Å². The van der Waals surface area contributed by atoms with Crippen LogP contribution in [0.1, 0.15) is 84.6 Å². The third-order valence-electron chi connectivity index (χ3n) is 17.0. The van der Waals surface area contributed by atoms with Gasteiger partial charge >= 0.3 is 0 Å². The van der Waals surface area contributed by atoms with Crippen molar-refractivity contribution in [1.29, 1.82) is 0 Å². The number of anilines is 6. The minimum Gasteiger partial charge on any atom is -0.311 e. The summed E-state index contributed by atoms with van der Waals surface area (Å²) in [7, 11) is -2.90. The first kappa shape index (κ1) is 48.7. The quantitative estimate of drug-likeness (QED) is 0.153. The second kappa shape index (κ2) is 17.8. The van der Waals surface area contributed by atoms with Gasteiger partial charge in [0, 0.05) is 34.0 Å². The van der Waals surface area contributed by atoms with Gasteiger partial charge in [0.1, 0.15) is 0 Å². The van der Waals surface area contributed by atoms with Crippen molar-refractivity contribution in [2.24, 2.45) is 0 Å². The summed E-state index contributed by atoms with van der Waals surface area (Å²) in [4.78, 5) is 5.30. The maximum Gasteiger partial charge on any atom is 0.252 e. The summed E-state index contributed by atoms with van der Waals surface area (Å²) in [5.74, 6) is 0. The number of aryl methyl sites for hydroxylation is 1. The normalized spacial score (nSPS) is 14.1. The highest BCUT2D eigenvalue weighted by Gasteiger charge is 2.52. The third kappa shape index (κ3) is 7.81. The topological polar surface area (TPSA) is 6.48 Å². The van der Waals surface area contributed by atoms with E-state index in [1.807, 2.05) is 0 Å². The predicted octanol–water partition coefficient (Wildman–Crippen LogP) is 14.7. The molecule has 0 unspecified atom stereocenters. The van der Waals surface area contributed by atoms with E-state index in [1.54, 1.807) is 0 Å². The van der Waals surface area contributed by atoms with Gasteiger partial charge in [0.25, 0.3) is 6.71 Å². The van der Waals surface area contributed by atoms with Crippen LogP contribution in [0, 0.1) is 6.92 Å². The molecule has 10 aromatic carbocycles. The first-order valence-corrected chi connectivity index (χ1v) is 29.7. The third-order valence-corrected chi connectivity index (χ3v) is 21.9. The Morgan fingerprint density at radius 3 is 1.56 bits per heavy atom. The van der Waals surface area contributed by atoms with Gasteiger partial charge in [0.05, 0.1) is 5.69 Å². The number of rotatable bonds is 6. The van der Waals surface area contributed by atoms with Gasteiger partial charge in [-0.1, -0.05) is 232 Å². The first-order chi connectivity index (χ1) is 37.0. The van der Waals surface area contributed by atoms with Crippen LogP contribution in [0.3, 0.4) is 0 Å². The Hall–Kier alpha value is -7.92. The molecule has 0 saturated heterocycles. The summed E-state index contributed by atoms with van der Waals surface area (Å²) < 4.78 is 0. The van der Waals surface area contributed by atoms with E-state index in [0.29, 0.717) is 0 Å². The van der Waals surface area contributed by atoms with Crippen LogP contribution in [-0.2, 0) is 16.2 Å². The van der Waals surface area contributed by atoms with Crippen molar-refractivity contribution in [3.8, 4) is 33.4 Å². The summed E-state index contributed by atoms with van der Waals surface area (Å²) in [6, 6.07) is 86.9. The smallest absolute Gasteiger partial charge is 0.252 e. The van der Waals surface area contributed by atoms with Gasteiger partial charge in [-0.15, -0.1) is 0 Å². The van der Waals surface area contributed by atoms with E-state index in [4.69, 9.17) is 0 Å². The van der Waals surface area contributed by atoms with Gasteiger partial charge in [-0.25, -0.2) is 0 Å². The Labute approximate surface area is 458 Å². The molecule has 77 heavy (non-hydrogen) atoms. The average Bonchev–Trinajstić information content (AvgIpc) is 3.92. The van der Waals surface area contributed by atoms with E-state index in [1.165, 1.54) is 127 Å². The molecule has 0 radical (unpaired) electrons. The van der Waals surface area contributed by atoms with E-state index >= 15 is 0 Å². The van der Waals surface area contributed by atoms with Crippen molar-refractivity contribution < 1.29 is 0 Å². The standard InChI is InChI=1S/C73H67BN2Si/c1-48-40-66-70-67(41-48)76(63-39-37-53(72(5,6)7)44-59(63)51-27-22-26-50(42-51)49-24-14-11-15-25-49)65-46-60-58-34-20-21-35-68(58)77(56-30-16-12-17-31-56,57-32-18-13-19-33-57)69(60)47-62(65)74(70)61-38-36-54(73(8,9)10)45-64(61)75(66)55-29-23-28-52(43-55)71(2,3)4/h11-47H,1-10H3. The molecule has 2 nitrogen and oxygen atoms in total. The Balaban J connectivity index is 1.18. The molecule has 4 heteroatoms. The highest BCUT2D eigenvalue weighted by molar-refractivity contribution is 7.22. The Morgan fingerprint density at radius 1 is 0.338 bits per heavy atom. The second-order valence-corrected chi connectivity index (χ2v) is 28.8. The maximum atomic E-state index is 2.72. The molecule has 13 rings (SSSR count). The van der Waals surface area contributed by atoms with Crippen molar-refractivity contribution in [3.63, 3.8) is 0 Å². The maximum absolute atomic E-state index is 2.90. The van der Waals surface area contributed by atoms with Gasteiger partial charge in [-0.2, -0.15) is 0 Å². The van der Waals surface area contributed by atoms with Crippen molar-refractivity contribution in [3.05, 3.63) is 247 Å². The van der Waals surface area contributed by atoms with Crippen LogP contribution in [0.2, 0.25) is 0 Å². The van der Waals surface area contributed by atoms with Gasteiger partial charge < -0.3 is 9.80 Å². The molecule has 0 saturated carbocycles. The van der Waals surface area contributed by atoms with Gasteiger partial charge in [0.15, 0.2) is 8.07 Å². The summed E-state index contributed by atoms with van der Waals surface area (Å²) in [6.07, 6.45) is 0. The molecule has 376 valence electrons. The molecular weight excluding hydrogens is 944 g/mol. The van der Waals surface area contributed by atoms with Gasteiger partial charge in [-0.3, -0.25) is 0 Å². The molecule has 0 amide bonds. The SMILES string of the molecule is Cc1cc2c3c(c1)N(c1ccc(C(C)(C)C)cc1-c1cccc(-c4ccccc4)c1)c1cc4c(cc1B3c1ccc(C(C)(C)C)cc1N2c1cccc(C(C)(C)C)c1)[Si](c1ccccc1)(c1ccccc1)c1ccccc1-4. The van der Waals surface area contributed by atoms with E-state index in [9.17, 15) is 0 Å². The van der Waals surface area contributed by atoms with Crippen molar-refractivity contribution in [1.82, 2.24) is 0 Å². The highest BCUT2D eigenvalue weighted by atomic mass is 28.3.